The third kappa shape index (κ3) is 60.6. The topological polar surface area (TPSA) is 111 Å². The molecule has 438 valence electrons. The Labute approximate surface area is 477 Å². The van der Waals surface area contributed by atoms with Crippen molar-refractivity contribution in [3.63, 3.8) is 0 Å². The van der Waals surface area contributed by atoms with Gasteiger partial charge in [-0.2, -0.15) is 0 Å². The molecule has 9 nitrogen and oxygen atoms in total. The van der Waals surface area contributed by atoms with E-state index in [1.807, 2.05) is 21.1 Å². The summed E-state index contributed by atoms with van der Waals surface area (Å²) in [7, 11) is 1.11. The largest absolute Gasteiger partial charge is 0.756 e. The van der Waals surface area contributed by atoms with Crippen molar-refractivity contribution >= 4 is 19.8 Å². The molecule has 0 spiro atoms. The van der Waals surface area contributed by atoms with Crippen LogP contribution in [0.5, 0.6) is 0 Å². The SMILES string of the molecule is CC/C=C\C/C=C\C/C=C\C/C=C\C/C=C\C/C=C\C/C=C\C/C=C\C/C=C\CCCCCCCCCC(=O)OC(COC(=O)CCCCC/C=C\C/C=C\C/C=C\C/C=C\C/C=C\CC)COP(=O)([O-])OCC[N+](C)(C)C. The van der Waals surface area contributed by atoms with Crippen LogP contribution in [-0.4, -0.2) is 70.0 Å². The second kappa shape index (κ2) is 57.1. The van der Waals surface area contributed by atoms with Crippen LogP contribution in [0.2, 0.25) is 0 Å². The maximum atomic E-state index is 12.8. The van der Waals surface area contributed by atoms with Gasteiger partial charge in [0.05, 0.1) is 27.7 Å². The molecule has 0 aliphatic heterocycles. The molecule has 0 rings (SSSR count). The number of allylic oxidation sites excluding steroid dienone is 28. The molecule has 0 aromatic rings. The lowest BCUT2D eigenvalue weighted by molar-refractivity contribution is -0.870. The van der Waals surface area contributed by atoms with Gasteiger partial charge in [0.15, 0.2) is 6.10 Å². The molecule has 0 fully saturated rings. The van der Waals surface area contributed by atoms with Crippen molar-refractivity contribution in [1.82, 2.24) is 0 Å². The highest BCUT2D eigenvalue weighted by Crippen LogP contribution is 2.38. The van der Waals surface area contributed by atoms with Gasteiger partial charge < -0.3 is 27.9 Å². The van der Waals surface area contributed by atoms with E-state index in [0.717, 1.165) is 141 Å². The van der Waals surface area contributed by atoms with E-state index in [4.69, 9.17) is 18.5 Å². The third-order valence-corrected chi connectivity index (χ3v) is 12.7. The van der Waals surface area contributed by atoms with Gasteiger partial charge in [-0.05, 0) is 128 Å². The van der Waals surface area contributed by atoms with Crippen LogP contribution in [0.3, 0.4) is 0 Å². The van der Waals surface area contributed by atoms with Gasteiger partial charge in [-0.15, -0.1) is 0 Å². The molecule has 2 unspecified atom stereocenters. The van der Waals surface area contributed by atoms with Crippen LogP contribution in [0.4, 0.5) is 0 Å². The molecule has 0 saturated carbocycles. The van der Waals surface area contributed by atoms with E-state index in [9.17, 15) is 19.0 Å². The van der Waals surface area contributed by atoms with Crippen LogP contribution in [0, 0.1) is 0 Å². The number of carbonyl (C=O) groups excluding carboxylic acids is 2. The number of likely N-dealkylation sites (N-methyl/N-ethyl adjacent to an activating group) is 1. The van der Waals surface area contributed by atoms with Crippen molar-refractivity contribution in [3.8, 4) is 0 Å². The molecule has 0 bridgehead atoms. The standard InChI is InChI=1S/C68H108NO8P/c1-6-8-10-12-14-16-18-20-22-24-26-27-28-29-30-31-32-33-34-35-36-37-38-39-40-41-43-45-47-49-51-53-55-57-59-61-68(71)77-66(65-76-78(72,73)75-63-62-69(3,4)5)64-74-67(70)60-58-56-54-52-50-48-46-44-42-25-23-21-19-17-15-13-11-9-7-2/h8-11,14-17,20-23,26-27,29-30,32-33,35-36,38-39,41-44,48,50,66H,6-7,12-13,18-19,24-25,28,31,34,37,40,45-47,49,51-65H2,1-5H3/b10-8-,11-9-,16-14-,17-15-,22-20-,23-21-,27-26-,30-29-,33-32-,36-35-,39-38-,43-41-,44-42-,50-48-. The summed E-state index contributed by atoms with van der Waals surface area (Å²) >= 11 is 0. The molecule has 0 radical (unpaired) electrons. The zero-order valence-corrected chi connectivity index (χ0v) is 50.4. The highest BCUT2D eigenvalue weighted by atomic mass is 31.2. The first-order chi connectivity index (χ1) is 38.0. The second-order valence-electron chi connectivity index (χ2n) is 20.2. The van der Waals surface area contributed by atoms with Crippen LogP contribution >= 0.6 is 7.82 Å². The Hall–Kier alpha value is -4.63. The summed E-state index contributed by atoms with van der Waals surface area (Å²) in [6, 6.07) is 0. The van der Waals surface area contributed by atoms with Gasteiger partial charge >= 0.3 is 11.9 Å². The maximum Gasteiger partial charge on any atom is 0.306 e. The van der Waals surface area contributed by atoms with Crippen molar-refractivity contribution in [2.75, 3.05) is 47.5 Å². The summed E-state index contributed by atoms with van der Waals surface area (Å²) in [5.41, 5.74) is 0. The van der Waals surface area contributed by atoms with E-state index in [1.54, 1.807) is 0 Å². The van der Waals surface area contributed by atoms with Crippen molar-refractivity contribution < 1.29 is 42.1 Å². The van der Waals surface area contributed by atoms with E-state index in [2.05, 4.69) is 184 Å². The maximum absolute atomic E-state index is 12.8. The smallest absolute Gasteiger partial charge is 0.306 e. The lowest BCUT2D eigenvalue weighted by Crippen LogP contribution is -2.37. The molecular formula is C68H108NO8P. The monoisotopic (exact) mass is 1100 g/mol. The summed E-state index contributed by atoms with van der Waals surface area (Å²) in [4.78, 5) is 37.9. The van der Waals surface area contributed by atoms with Crippen LogP contribution in [0.15, 0.2) is 170 Å². The first-order valence-corrected chi connectivity index (χ1v) is 31.3. The highest BCUT2D eigenvalue weighted by Gasteiger charge is 2.21. The molecule has 0 heterocycles. The number of phosphoric ester groups is 1. The number of unbranched alkanes of at least 4 members (excludes halogenated alkanes) is 10. The Morgan fingerprint density at radius 3 is 1.04 bits per heavy atom. The minimum atomic E-state index is -4.66. The molecule has 0 N–H and O–H groups in total. The van der Waals surface area contributed by atoms with E-state index in [1.165, 1.54) is 12.8 Å². The molecular weight excluding hydrogens is 990 g/mol. The van der Waals surface area contributed by atoms with Crippen molar-refractivity contribution in [2.45, 2.75) is 200 Å². The summed E-state index contributed by atoms with van der Waals surface area (Å²) < 4.78 is 34.1. The Kier molecular flexibility index (Phi) is 53.7. The molecule has 0 saturated heterocycles. The van der Waals surface area contributed by atoms with Crippen LogP contribution in [0.1, 0.15) is 194 Å². The van der Waals surface area contributed by atoms with Gasteiger partial charge in [0, 0.05) is 12.8 Å². The van der Waals surface area contributed by atoms with Gasteiger partial charge in [-0.1, -0.05) is 223 Å². The molecule has 0 aromatic carbocycles. The molecule has 10 heteroatoms. The van der Waals surface area contributed by atoms with Gasteiger partial charge in [-0.25, -0.2) is 0 Å². The number of phosphoric acid groups is 1. The lowest BCUT2D eigenvalue weighted by Gasteiger charge is -2.28. The van der Waals surface area contributed by atoms with Crippen LogP contribution in [-0.2, 0) is 32.7 Å². The van der Waals surface area contributed by atoms with E-state index < -0.39 is 32.5 Å². The highest BCUT2D eigenvalue weighted by molar-refractivity contribution is 7.45. The van der Waals surface area contributed by atoms with E-state index >= 15 is 0 Å². The molecule has 0 amide bonds. The average Bonchev–Trinajstić information content (AvgIpc) is 3.41. The Bertz CT molecular complexity index is 1920. The summed E-state index contributed by atoms with van der Waals surface area (Å²) in [5, 5.41) is 0. The molecule has 0 aromatic heterocycles. The van der Waals surface area contributed by atoms with Gasteiger partial charge in [-0.3, -0.25) is 14.2 Å². The Morgan fingerprint density at radius 1 is 0.397 bits per heavy atom. The molecule has 0 aliphatic rings. The number of hydrogen-bond donors (Lipinski definition) is 0. The predicted octanol–water partition coefficient (Wildman–Crippen LogP) is 18.4. The zero-order valence-electron chi connectivity index (χ0n) is 49.5. The van der Waals surface area contributed by atoms with Gasteiger partial charge in [0.2, 0.25) is 0 Å². The number of ether oxygens (including phenoxy) is 2. The minimum Gasteiger partial charge on any atom is -0.756 e. The normalized spacial score (nSPS) is 14.5. The lowest BCUT2D eigenvalue weighted by atomic mass is 10.1. The minimum absolute atomic E-state index is 0.0492. The molecule has 2 atom stereocenters. The fourth-order valence-corrected chi connectivity index (χ4v) is 7.93. The van der Waals surface area contributed by atoms with Crippen molar-refractivity contribution in [3.05, 3.63) is 170 Å². The van der Waals surface area contributed by atoms with Crippen LogP contribution < -0.4 is 4.89 Å². The van der Waals surface area contributed by atoms with E-state index in [0.29, 0.717) is 23.9 Å². The van der Waals surface area contributed by atoms with Crippen molar-refractivity contribution in [2.24, 2.45) is 0 Å². The number of nitrogens with zero attached hydrogens (tertiary/aromatic N) is 1. The summed E-state index contributed by atoms with van der Waals surface area (Å²) in [6.07, 6.45) is 86.9. The summed E-state index contributed by atoms with van der Waals surface area (Å²) in [6.45, 7) is 3.92. The number of carbonyl (C=O) groups is 2. The summed E-state index contributed by atoms with van der Waals surface area (Å²) in [5.74, 6) is -0.900. The first-order valence-electron chi connectivity index (χ1n) is 29.8. The predicted molar refractivity (Wildman–Crippen MR) is 332 cm³/mol. The van der Waals surface area contributed by atoms with Gasteiger partial charge in [0.25, 0.3) is 7.82 Å². The third-order valence-electron chi connectivity index (χ3n) is 11.7. The quantitative estimate of drug-likeness (QED) is 0.0195. The molecule has 78 heavy (non-hydrogen) atoms. The van der Waals surface area contributed by atoms with Crippen LogP contribution in [0.25, 0.3) is 0 Å². The Balaban J connectivity index is 4.26. The zero-order chi connectivity index (χ0) is 57.0. The number of esters is 2. The average molecular weight is 1100 g/mol. The Morgan fingerprint density at radius 2 is 0.692 bits per heavy atom. The number of quaternary nitrogens is 1. The number of rotatable bonds is 52. The second-order valence-corrected chi connectivity index (χ2v) is 21.7. The fourth-order valence-electron chi connectivity index (χ4n) is 7.20. The van der Waals surface area contributed by atoms with E-state index in [-0.39, 0.29) is 26.1 Å². The first kappa shape index (κ1) is 73.4. The molecule has 0 aliphatic carbocycles. The number of hydrogen-bond acceptors (Lipinski definition) is 8. The fraction of sp³-hybridized carbons (Fsp3) is 0.559. The van der Waals surface area contributed by atoms with Crippen molar-refractivity contribution in [1.29, 1.82) is 0 Å². The van der Waals surface area contributed by atoms with Gasteiger partial charge in [0.1, 0.15) is 19.8 Å².